The summed E-state index contributed by atoms with van der Waals surface area (Å²) < 4.78 is 21.2. The van der Waals surface area contributed by atoms with Crippen molar-refractivity contribution in [2.24, 2.45) is 0 Å². The van der Waals surface area contributed by atoms with E-state index >= 15 is 0 Å². The summed E-state index contributed by atoms with van der Waals surface area (Å²) in [6, 6.07) is 12.9. The highest BCUT2D eigenvalue weighted by atomic mass is 32.1. The fourth-order valence-corrected chi connectivity index (χ4v) is 3.82. The average Bonchev–Trinajstić information content (AvgIpc) is 3.37. The zero-order chi connectivity index (χ0) is 19.5. The highest BCUT2D eigenvalue weighted by molar-refractivity contribution is 7.22. The zero-order valence-electron chi connectivity index (χ0n) is 15.1. The van der Waals surface area contributed by atoms with Crippen LogP contribution in [0.1, 0.15) is 10.4 Å². The van der Waals surface area contributed by atoms with Crippen LogP contribution in [-0.4, -0.2) is 34.3 Å². The molecule has 2 aromatic carbocycles. The van der Waals surface area contributed by atoms with Crippen LogP contribution in [0.2, 0.25) is 0 Å². The van der Waals surface area contributed by atoms with E-state index in [1.54, 1.807) is 22.9 Å². The van der Waals surface area contributed by atoms with Gasteiger partial charge in [-0.15, -0.1) is 0 Å². The fraction of sp³-hybridized carbons (Fsp3) is 0.150. The first-order chi connectivity index (χ1) is 13.6. The van der Waals surface area contributed by atoms with Crippen molar-refractivity contribution in [1.29, 1.82) is 0 Å². The lowest BCUT2D eigenvalue weighted by atomic mass is 10.2. The average molecular weight is 396 g/mol. The number of fused-ring (bicyclic) bond motifs is 1. The molecule has 0 saturated carbocycles. The summed E-state index contributed by atoms with van der Waals surface area (Å²) in [5.41, 5.74) is 1.19. The van der Waals surface area contributed by atoms with Crippen molar-refractivity contribution in [3.63, 3.8) is 0 Å². The fourth-order valence-electron chi connectivity index (χ4n) is 2.80. The maximum absolute atomic E-state index is 13.3. The summed E-state index contributed by atoms with van der Waals surface area (Å²) in [5, 5.41) is 4.76. The number of carbonyl (C=O) groups is 1. The number of halogens is 1. The summed E-state index contributed by atoms with van der Waals surface area (Å²) in [6.07, 6.45) is 3.53. The van der Waals surface area contributed by atoms with E-state index in [-0.39, 0.29) is 11.7 Å². The molecule has 0 bridgehead atoms. The molecule has 0 aliphatic rings. The summed E-state index contributed by atoms with van der Waals surface area (Å²) in [6.45, 7) is 0.897. The lowest BCUT2D eigenvalue weighted by Gasteiger charge is -2.20. The third-order valence-corrected chi connectivity index (χ3v) is 5.30. The molecule has 4 rings (SSSR count). The monoisotopic (exact) mass is 396 g/mol. The molecule has 0 aliphatic carbocycles. The van der Waals surface area contributed by atoms with Gasteiger partial charge >= 0.3 is 0 Å². The van der Waals surface area contributed by atoms with Crippen LogP contribution in [0.4, 0.5) is 9.52 Å². The molecule has 0 N–H and O–H groups in total. The van der Waals surface area contributed by atoms with Crippen LogP contribution in [0.3, 0.4) is 0 Å². The summed E-state index contributed by atoms with van der Waals surface area (Å²) in [7, 11) is 1.61. The van der Waals surface area contributed by atoms with Crippen molar-refractivity contribution in [2.45, 2.75) is 6.54 Å². The first kappa shape index (κ1) is 18.1. The maximum Gasteiger partial charge on any atom is 0.260 e. The second kappa shape index (κ2) is 7.77. The van der Waals surface area contributed by atoms with Crippen LogP contribution in [0.15, 0.2) is 60.9 Å². The molecule has 0 spiro atoms. The number of anilines is 1. The predicted molar refractivity (Wildman–Crippen MR) is 106 cm³/mol. The molecule has 6 nitrogen and oxygen atoms in total. The smallest absolute Gasteiger partial charge is 0.260 e. The van der Waals surface area contributed by atoms with Crippen molar-refractivity contribution < 1.29 is 13.9 Å². The van der Waals surface area contributed by atoms with Crippen molar-refractivity contribution in [2.75, 3.05) is 18.6 Å². The van der Waals surface area contributed by atoms with Gasteiger partial charge in [0.1, 0.15) is 11.6 Å². The van der Waals surface area contributed by atoms with Crippen LogP contribution in [0.5, 0.6) is 5.75 Å². The Balaban J connectivity index is 1.69. The Morgan fingerprint density at radius 2 is 2.07 bits per heavy atom. The number of aromatic nitrogens is 3. The molecule has 0 radical (unpaired) electrons. The van der Waals surface area contributed by atoms with Crippen molar-refractivity contribution in [3.8, 4) is 5.75 Å². The Bertz CT molecular complexity index is 1090. The van der Waals surface area contributed by atoms with Crippen molar-refractivity contribution in [1.82, 2.24) is 14.8 Å². The van der Waals surface area contributed by atoms with Gasteiger partial charge in [-0.1, -0.05) is 11.3 Å². The number of nitrogens with zero attached hydrogens (tertiary/aromatic N) is 4. The standard InChI is InChI=1S/C20H17FN4O2S/c1-27-16-7-8-17-18(13-16)28-20(23-17)25(12-11-24-10-2-9-22-24)19(26)14-3-5-15(21)6-4-14/h2-10,13H,11-12H2,1H3. The van der Waals surface area contributed by atoms with Gasteiger partial charge < -0.3 is 4.74 Å². The molecule has 2 aromatic heterocycles. The Labute approximate surface area is 164 Å². The van der Waals surface area contributed by atoms with E-state index in [9.17, 15) is 9.18 Å². The molecular weight excluding hydrogens is 379 g/mol. The lowest BCUT2D eigenvalue weighted by molar-refractivity contribution is 0.0985. The van der Waals surface area contributed by atoms with Gasteiger partial charge in [-0.3, -0.25) is 14.4 Å². The van der Waals surface area contributed by atoms with Gasteiger partial charge in [0, 0.05) is 24.5 Å². The first-order valence-electron chi connectivity index (χ1n) is 8.63. The number of rotatable bonds is 6. The minimum Gasteiger partial charge on any atom is -0.497 e. The first-order valence-corrected chi connectivity index (χ1v) is 9.45. The highest BCUT2D eigenvalue weighted by Crippen LogP contribution is 2.32. The zero-order valence-corrected chi connectivity index (χ0v) is 15.9. The number of carbonyl (C=O) groups excluding carboxylic acids is 1. The number of hydrogen-bond acceptors (Lipinski definition) is 5. The van der Waals surface area contributed by atoms with Crippen molar-refractivity contribution >= 4 is 32.6 Å². The van der Waals surface area contributed by atoms with Crippen LogP contribution in [-0.2, 0) is 6.54 Å². The van der Waals surface area contributed by atoms with Crippen LogP contribution >= 0.6 is 11.3 Å². The molecule has 142 valence electrons. The molecule has 1 amide bonds. The van der Waals surface area contributed by atoms with Gasteiger partial charge in [0.2, 0.25) is 0 Å². The lowest BCUT2D eigenvalue weighted by Crippen LogP contribution is -2.34. The quantitative estimate of drug-likeness (QED) is 0.495. The van der Waals surface area contributed by atoms with Gasteiger partial charge in [-0.25, -0.2) is 9.37 Å². The number of amides is 1. The molecular formula is C20H17FN4O2S. The number of methoxy groups -OCH3 is 1. The molecule has 2 heterocycles. The predicted octanol–water partition coefficient (Wildman–Crippen LogP) is 3.99. The summed E-state index contributed by atoms with van der Waals surface area (Å²) in [5.74, 6) is 0.112. The van der Waals surface area contributed by atoms with E-state index < -0.39 is 0 Å². The highest BCUT2D eigenvalue weighted by Gasteiger charge is 2.21. The van der Waals surface area contributed by atoms with Crippen molar-refractivity contribution in [3.05, 3.63) is 72.3 Å². The number of benzene rings is 2. The van der Waals surface area contributed by atoms with E-state index in [1.807, 2.05) is 30.5 Å². The SMILES string of the molecule is COc1ccc2nc(N(CCn3cccn3)C(=O)c3ccc(F)cc3)sc2c1. The van der Waals surface area contributed by atoms with E-state index in [2.05, 4.69) is 10.1 Å². The Kier molecular flexibility index (Phi) is 5.03. The normalized spacial score (nSPS) is 10.9. The van der Waals surface area contributed by atoms with E-state index in [0.29, 0.717) is 23.8 Å². The van der Waals surface area contributed by atoms with E-state index in [1.165, 1.54) is 35.6 Å². The number of ether oxygens (including phenoxy) is 1. The molecule has 0 aliphatic heterocycles. The molecule has 0 fully saturated rings. The Hall–Kier alpha value is -3.26. The van der Waals surface area contributed by atoms with Gasteiger partial charge in [0.05, 0.1) is 23.9 Å². The number of hydrogen-bond donors (Lipinski definition) is 0. The second-order valence-corrected chi connectivity index (χ2v) is 7.07. The number of thiazole rings is 1. The third kappa shape index (κ3) is 3.72. The van der Waals surface area contributed by atoms with E-state index in [4.69, 9.17) is 4.74 Å². The molecule has 0 saturated heterocycles. The van der Waals surface area contributed by atoms with Gasteiger partial charge in [0.15, 0.2) is 5.13 Å². The van der Waals surface area contributed by atoms with Crippen LogP contribution in [0.25, 0.3) is 10.2 Å². The third-order valence-electron chi connectivity index (χ3n) is 4.26. The van der Waals surface area contributed by atoms with Gasteiger partial charge in [0.25, 0.3) is 5.91 Å². The van der Waals surface area contributed by atoms with Crippen LogP contribution < -0.4 is 9.64 Å². The largest absolute Gasteiger partial charge is 0.497 e. The minimum atomic E-state index is -0.383. The molecule has 0 atom stereocenters. The maximum atomic E-state index is 13.3. The van der Waals surface area contributed by atoms with Crippen LogP contribution in [0, 0.1) is 5.82 Å². The van der Waals surface area contributed by atoms with Gasteiger partial charge in [-0.2, -0.15) is 5.10 Å². The topological polar surface area (TPSA) is 60.2 Å². The van der Waals surface area contributed by atoms with E-state index in [0.717, 1.165) is 16.0 Å². The Morgan fingerprint density at radius 3 is 2.79 bits per heavy atom. The summed E-state index contributed by atoms with van der Waals surface area (Å²) >= 11 is 1.41. The van der Waals surface area contributed by atoms with Gasteiger partial charge in [-0.05, 0) is 48.5 Å². The Morgan fingerprint density at radius 1 is 1.25 bits per heavy atom. The molecule has 8 heteroatoms. The molecule has 28 heavy (non-hydrogen) atoms. The molecule has 0 unspecified atom stereocenters. The second-order valence-electron chi connectivity index (χ2n) is 6.06. The summed E-state index contributed by atoms with van der Waals surface area (Å²) in [4.78, 5) is 19.4. The minimum absolute atomic E-state index is 0.238. The molecule has 4 aromatic rings.